The summed E-state index contributed by atoms with van der Waals surface area (Å²) >= 11 is 0. The van der Waals surface area contributed by atoms with E-state index in [9.17, 15) is 9.59 Å². The van der Waals surface area contributed by atoms with E-state index in [4.69, 9.17) is 14.2 Å². The summed E-state index contributed by atoms with van der Waals surface area (Å²) in [5.74, 6) is -0.122. The topological polar surface area (TPSA) is 77.1 Å². The standard InChI is InChI=1S/C13H24N2O5/c1-18-7-8-20-9-12(16)14-11-3-5-15(6-4-11)13(17)10-19-2/h11H,3-10H2,1-2H3,(H,14,16). The number of carbonyl (C=O) groups is 2. The monoisotopic (exact) mass is 288 g/mol. The summed E-state index contributed by atoms with van der Waals surface area (Å²) in [4.78, 5) is 25.0. The molecule has 0 saturated carbocycles. The van der Waals surface area contributed by atoms with Gasteiger partial charge in [-0.15, -0.1) is 0 Å². The minimum Gasteiger partial charge on any atom is -0.382 e. The van der Waals surface area contributed by atoms with Gasteiger partial charge in [0.1, 0.15) is 13.2 Å². The van der Waals surface area contributed by atoms with Gasteiger partial charge < -0.3 is 24.4 Å². The average Bonchev–Trinajstić information content (AvgIpc) is 2.45. The SMILES string of the molecule is COCCOCC(=O)NC1CCN(C(=O)COC)CC1. The molecule has 0 spiro atoms. The second kappa shape index (κ2) is 9.68. The maximum absolute atomic E-state index is 11.6. The van der Waals surface area contributed by atoms with Crippen LogP contribution in [0.3, 0.4) is 0 Å². The Balaban J connectivity index is 2.15. The number of nitrogens with one attached hydrogen (secondary N) is 1. The van der Waals surface area contributed by atoms with Crippen LogP contribution in [0.15, 0.2) is 0 Å². The summed E-state index contributed by atoms with van der Waals surface area (Å²) in [6, 6.07) is 0.111. The Bertz CT molecular complexity index is 303. The summed E-state index contributed by atoms with van der Waals surface area (Å²) in [6.45, 7) is 2.35. The molecule has 1 rings (SSSR count). The van der Waals surface area contributed by atoms with Crippen molar-refractivity contribution in [3.63, 3.8) is 0 Å². The number of carbonyl (C=O) groups excluding carboxylic acids is 2. The Labute approximate surface area is 119 Å². The van der Waals surface area contributed by atoms with Gasteiger partial charge in [-0.2, -0.15) is 0 Å². The Kier molecular flexibility index (Phi) is 8.17. The van der Waals surface area contributed by atoms with E-state index in [-0.39, 0.29) is 31.1 Å². The molecule has 0 aliphatic carbocycles. The van der Waals surface area contributed by atoms with Crippen molar-refractivity contribution >= 4 is 11.8 Å². The first-order valence-corrected chi connectivity index (χ1v) is 6.80. The Morgan fingerprint density at radius 2 is 1.80 bits per heavy atom. The first-order valence-electron chi connectivity index (χ1n) is 6.80. The fourth-order valence-corrected chi connectivity index (χ4v) is 2.06. The number of likely N-dealkylation sites (tertiary alicyclic amines) is 1. The number of rotatable bonds is 8. The van der Waals surface area contributed by atoms with Gasteiger partial charge in [0.15, 0.2) is 0 Å². The van der Waals surface area contributed by atoms with Crippen molar-refractivity contribution in [1.29, 1.82) is 0 Å². The molecule has 1 aliphatic rings. The molecule has 0 aromatic carbocycles. The van der Waals surface area contributed by atoms with Crippen molar-refractivity contribution in [2.24, 2.45) is 0 Å². The van der Waals surface area contributed by atoms with E-state index >= 15 is 0 Å². The molecule has 0 aromatic heterocycles. The molecule has 1 aliphatic heterocycles. The summed E-state index contributed by atoms with van der Waals surface area (Å²) < 4.78 is 14.8. The van der Waals surface area contributed by atoms with Crippen molar-refractivity contribution in [2.75, 3.05) is 53.7 Å². The van der Waals surface area contributed by atoms with Crippen LogP contribution in [-0.2, 0) is 23.8 Å². The van der Waals surface area contributed by atoms with E-state index in [2.05, 4.69) is 5.32 Å². The lowest BCUT2D eigenvalue weighted by atomic mass is 10.1. The molecule has 7 heteroatoms. The lowest BCUT2D eigenvalue weighted by molar-refractivity contribution is -0.136. The molecule has 0 atom stereocenters. The first-order chi connectivity index (χ1) is 9.67. The number of nitrogens with zero attached hydrogens (tertiary/aromatic N) is 1. The van der Waals surface area contributed by atoms with Crippen LogP contribution >= 0.6 is 0 Å². The van der Waals surface area contributed by atoms with Crippen molar-refractivity contribution in [1.82, 2.24) is 10.2 Å². The normalized spacial score (nSPS) is 16.2. The van der Waals surface area contributed by atoms with Crippen molar-refractivity contribution in [3.05, 3.63) is 0 Å². The van der Waals surface area contributed by atoms with Crippen LogP contribution in [-0.4, -0.2) is 76.5 Å². The summed E-state index contributed by atoms with van der Waals surface area (Å²) in [6.07, 6.45) is 1.53. The maximum atomic E-state index is 11.6. The highest BCUT2D eigenvalue weighted by molar-refractivity contribution is 5.78. The molecule has 7 nitrogen and oxygen atoms in total. The fourth-order valence-electron chi connectivity index (χ4n) is 2.06. The van der Waals surface area contributed by atoms with E-state index in [1.807, 2.05) is 0 Å². The minimum atomic E-state index is -0.122. The van der Waals surface area contributed by atoms with E-state index in [1.54, 1.807) is 12.0 Å². The molecule has 1 heterocycles. The molecule has 1 saturated heterocycles. The summed E-state index contributed by atoms with van der Waals surface area (Å²) in [5, 5.41) is 2.91. The smallest absolute Gasteiger partial charge is 0.248 e. The van der Waals surface area contributed by atoms with Crippen molar-refractivity contribution in [3.8, 4) is 0 Å². The molecule has 1 fully saturated rings. The van der Waals surface area contributed by atoms with Crippen LogP contribution in [0, 0.1) is 0 Å². The molecule has 0 aromatic rings. The maximum Gasteiger partial charge on any atom is 0.248 e. The zero-order valence-corrected chi connectivity index (χ0v) is 12.2. The number of hydrogen-bond donors (Lipinski definition) is 1. The lowest BCUT2D eigenvalue weighted by Gasteiger charge is -2.32. The van der Waals surface area contributed by atoms with E-state index in [1.165, 1.54) is 7.11 Å². The minimum absolute atomic E-state index is 0.000162. The number of amides is 2. The van der Waals surface area contributed by atoms with Crippen LogP contribution in [0.25, 0.3) is 0 Å². The molecule has 1 N–H and O–H groups in total. The van der Waals surface area contributed by atoms with Gasteiger partial charge in [-0.3, -0.25) is 9.59 Å². The van der Waals surface area contributed by atoms with Crippen molar-refractivity contribution in [2.45, 2.75) is 18.9 Å². The number of piperidine rings is 1. The molecular formula is C13H24N2O5. The highest BCUT2D eigenvalue weighted by Crippen LogP contribution is 2.10. The fraction of sp³-hybridized carbons (Fsp3) is 0.846. The van der Waals surface area contributed by atoms with Gasteiger partial charge in [0.25, 0.3) is 0 Å². The van der Waals surface area contributed by atoms with Gasteiger partial charge >= 0.3 is 0 Å². The second-order valence-electron chi connectivity index (χ2n) is 4.70. The molecule has 0 unspecified atom stereocenters. The number of methoxy groups -OCH3 is 2. The molecule has 0 radical (unpaired) electrons. The first kappa shape index (κ1) is 16.9. The predicted molar refractivity (Wildman–Crippen MR) is 72.3 cm³/mol. The van der Waals surface area contributed by atoms with Crippen molar-refractivity contribution < 1.29 is 23.8 Å². The molecule has 2 amide bonds. The number of hydrogen-bond acceptors (Lipinski definition) is 5. The molecule has 20 heavy (non-hydrogen) atoms. The van der Waals surface area contributed by atoms with Gasteiger partial charge in [-0.25, -0.2) is 0 Å². The van der Waals surface area contributed by atoms with E-state index in [0.29, 0.717) is 26.3 Å². The van der Waals surface area contributed by atoms with E-state index < -0.39 is 0 Å². The zero-order valence-electron chi connectivity index (χ0n) is 12.2. The third-order valence-electron chi connectivity index (χ3n) is 3.15. The Hall–Kier alpha value is -1.18. The quantitative estimate of drug-likeness (QED) is 0.604. The highest BCUT2D eigenvalue weighted by Gasteiger charge is 2.23. The Morgan fingerprint density at radius 1 is 1.10 bits per heavy atom. The van der Waals surface area contributed by atoms with Crippen LogP contribution < -0.4 is 5.32 Å². The lowest BCUT2D eigenvalue weighted by Crippen LogP contribution is -2.48. The van der Waals surface area contributed by atoms with Gasteiger partial charge in [-0.05, 0) is 12.8 Å². The second-order valence-corrected chi connectivity index (χ2v) is 4.70. The van der Waals surface area contributed by atoms with Crippen LogP contribution in [0.4, 0.5) is 0 Å². The van der Waals surface area contributed by atoms with Crippen LogP contribution in [0.5, 0.6) is 0 Å². The molecule has 0 bridgehead atoms. The largest absolute Gasteiger partial charge is 0.382 e. The van der Waals surface area contributed by atoms with Gasteiger partial charge in [0.2, 0.25) is 11.8 Å². The zero-order chi connectivity index (χ0) is 14.8. The van der Waals surface area contributed by atoms with Gasteiger partial charge in [-0.1, -0.05) is 0 Å². The average molecular weight is 288 g/mol. The third-order valence-corrected chi connectivity index (χ3v) is 3.15. The Morgan fingerprint density at radius 3 is 2.40 bits per heavy atom. The highest BCUT2D eigenvalue weighted by atomic mass is 16.5. The summed E-state index contributed by atoms with van der Waals surface area (Å²) in [7, 11) is 3.09. The van der Waals surface area contributed by atoms with Crippen LogP contribution in [0.2, 0.25) is 0 Å². The van der Waals surface area contributed by atoms with Gasteiger partial charge in [0, 0.05) is 33.4 Å². The predicted octanol–water partition coefficient (Wildman–Crippen LogP) is -0.597. The van der Waals surface area contributed by atoms with E-state index in [0.717, 1.165) is 12.8 Å². The number of ether oxygens (including phenoxy) is 3. The molecule has 116 valence electrons. The van der Waals surface area contributed by atoms with Gasteiger partial charge in [0.05, 0.1) is 13.2 Å². The summed E-state index contributed by atoms with van der Waals surface area (Å²) in [5.41, 5.74) is 0. The molecular weight excluding hydrogens is 264 g/mol. The van der Waals surface area contributed by atoms with Crippen LogP contribution in [0.1, 0.15) is 12.8 Å². The third kappa shape index (κ3) is 6.31.